The van der Waals surface area contributed by atoms with Gasteiger partial charge >= 0.3 is 6.09 Å². The van der Waals surface area contributed by atoms with Gasteiger partial charge in [-0.3, -0.25) is 14.5 Å². The zero-order valence-electron chi connectivity index (χ0n) is 28.8. The molecule has 1 aliphatic heterocycles. The molecule has 2 aliphatic rings. The molecular formula is C34H56N4O7S. The maximum absolute atomic E-state index is 13.9. The second-order valence-corrected chi connectivity index (χ2v) is 17.6. The van der Waals surface area contributed by atoms with E-state index in [2.05, 4.69) is 20.9 Å². The summed E-state index contributed by atoms with van der Waals surface area (Å²) < 4.78 is 29.1. The highest BCUT2D eigenvalue weighted by atomic mass is 32.2. The Morgan fingerprint density at radius 1 is 1.00 bits per heavy atom. The molecule has 1 saturated heterocycles. The van der Waals surface area contributed by atoms with Crippen LogP contribution in [0.25, 0.3) is 0 Å². The molecule has 1 aliphatic carbocycles. The van der Waals surface area contributed by atoms with Crippen LogP contribution in [0.3, 0.4) is 0 Å². The molecule has 0 unspecified atom stereocenters. The van der Waals surface area contributed by atoms with E-state index in [0.29, 0.717) is 24.8 Å². The summed E-state index contributed by atoms with van der Waals surface area (Å²) in [5, 5.41) is 20.3. The number of ether oxygens (including phenoxy) is 1. The molecule has 0 radical (unpaired) electrons. The van der Waals surface area contributed by atoms with Crippen LogP contribution < -0.4 is 16.0 Å². The zero-order chi connectivity index (χ0) is 34.4. The number of amides is 3. The van der Waals surface area contributed by atoms with Crippen LogP contribution in [0.2, 0.25) is 0 Å². The van der Waals surface area contributed by atoms with Crippen molar-refractivity contribution >= 4 is 27.7 Å². The first kappa shape index (κ1) is 37.8. The van der Waals surface area contributed by atoms with Crippen molar-refractivity contribution in [2.24, 2.45) is 11.8 Å². The monoisotopic (exact) mass is 664 g/mol. The van der Waals surface area contributed by atoms with E-state index in [1.54, 1.807) is 13.8 Å². The molecular weight excluding hydrogens is 608 g/mol. The molecule has 3 rings (SSSR count). The number of benzene rings is 1. The van der Waals surface area contributed by atoms with Crippen LogP contribution in [0, 0.1) is 11.8 Å². The lowest BCUT2D eigenvalue weighted by atomic mass is 9.72. The predicted octanol–water partition coefficient (Wildman–Crippen LogP) is 3.20. The summed E-state index contributed by atoms with van der Waals surface area (Å²) in [6, 6.07) is 6.57. The van der Waals surface area contributed by atoms with Gasteiger partial charge in [-0.2, -0.15) is 0 Å². The molecule has 4 N–H and O–H groups in total. The van der Waals surface area contributed by atoms with E-state index in [1.807, 2.05) is 51.1 Å². The third-order valence-electron chi connectivity index (χ3n) is 9.33. The maximum Gasteiger partial charge on any atom is 0.408 e. The summed E-state index contributed by atoms with van der Waals surface area (Å²) in [4.78, 5) is 42.2. The van der Waals surface area contributed by atoms with Crippen LogP contribution in [-0.2, 0) is 30.6 Å². The molecule has 0 bridgehead atoms. The largest absolute Gasteiger partial charge is 0.447 e. The summed E-state index contributed by atoms with van der Waals surface area (Å²) in [6.45, 7) is 12.7. The highest BCUT2D eigenvalue weighted by molar-refractivity contribution is 7.92. The van der Waals surface area contributed by atoms with E-state index in [4.69, 9.17) is 4.74 Å². The number of piperidine rings is 1. The first-order chi connectivity index (χ1) is 21.3. The lowest BCUT2D eigenvalue weighted by Crippen LogP contribution is -2.64. The molecule has 46 heavy (non-hydrogen) atoms. The number of aliphatic hydroxyl groups excluding tert-OH is 1. The van der Waals surface area contributed by atoms with Crippen molar-refractivity contribution in [1.29, 1.82) is 0 Å². The minimum absolute atomic E-state index is 0.0739. The molecule has 260 valence electrons. The molecule has 1 aromatic rings. The molecule has 1 aromatic carbocycles. The van der Waals surface area contributed by atoms with Crippen molar-refractivity contribution in [3.05, 3.63) is 35.9 Å². The quantitative estimate of drug-likeness (QED) is 0.266. The van der Waals surface area contributed by atoms with E-state index in [0.717, 1.165) is 37.5 Å². The number of fused-ring (bicyclic) bond motifs is 1. The standard InChI is InChI=1S/C34H56N4O7S/c1-22(2)45-32(42)36-29(34(6,7)46(8,43)44)31(41)35-26(18-23-14-10-9-11-15-23)28(39)21-38-20-25-17-13-12-16-24(25)19-27(38)30(40)37-33(3,4)5/h9-11,14-15,22,24-29,39H,12-13,16-21H2,1-8H3,(H,35,41)(H,36,42)(H,37,40)/t24-,25+,26-,27-,28+,29+/m0/s1. The number of nitrogens with zero attached hydrogens (tertiary/aromatic N) is 1. The zero-order valence-corrected chi connectivity index (χ0v) is 29.7. The Balaban J connectivity index is 1.92. The Kier molecular flexibility index (Phi) is 12.7. The fraction of sp³-hybridized carbons (Fsp3) is 0.735. The van der Waals surface area contributed by atoms with Crippen LogP contribution in [-0.4, -0.2) is 96.3 Å². The minimum Gasteiger partial charge on any atom is -0.447 e. The smallest absolute Gasteiger partial charge is 0.408 e. The van der Waals surface area contributed by atoms with E-state index in [1.165, 1.54) is 13.8 Å². The third-order valence-corrected chi connectivity index (χ3v) is 11.5. The van der Waals surface area contributed by atoms with Gasteiger partial charge in [-0.15, -0.1) is 0 Å². The van der Waals surface area contributed by atoms with Crippen molar-refractivity contribution in [3.63, 3.8) is 0 Å². The van der Waals surface area contributed by atoms with Gasteiger partial charge in [-0.25, -0.2) is 13.2 Å². The van der Waals surface area contributed by atoms with Crippen molar-refractivity contribution in [3.8, 4) is 0 Å². The highest BCUT2D eigenvalue weighted by Gasteiger charge is 2.46. The normalized spacial score (nSPS) is 23.0. The molecule has 0 aromatic heterocycles. The van der Waals surface area contributed by atoms with Crippen LogP contribution >= 0.6 is 0 Å². The van der Waals surface area contributed by atoms with Gasteiger partial charge in [0.2, 0.25) is 11.8 Å². The first-order valence-corrected chi connectivity index (χ1v) is 18.4. The maximum atomic E-state index is 13.9. The average Bonchev–Trinajstić information content (AvgIpc) is 2.93. The van der Waals surface area contributed by atoms with Crippen molar-refractivity contribution in [2.75, 3.05) is 19.3 Å². The van der Waals surface area contributed by atoms with Gasteiger partial charge in [0.05, 0.1) is 29.0 Å². The Bertz CT molecular complexity index is 1300. The number of hydrogen-bond acceptors (Lipinski definition) is 8. The number of carbonyl (C=O) groups is 3. The molecule has 2 fully saturated rings. The van der Waals surface area contributed by atoms with Gasteiger partial charge < -0.3 is 25.8 Å². The topological polar surface area (TPSA) is 154 Å². The molecule has 0 spiro atoms. The van der Waals surface area contributed by atoms with E-state index < -0.39 is 62.5 Å². The highest BCUT2D eigenvalue weighted by Crippen LogP contribution is 2.39. The summed E-state index contributed by atoms with van der Waals surface area (Å²) in [6.07, 6.45) is 3.92. The van der Waals surface area contributed by atoms with Crippen LogP contribution in [0.4, 0.5) is 4.79 Å². The molecule has 1 heterocycles. The van der Waals surface area contributed by atoms with Gasteiger partial charge in [0.25, 0.3) is 0 Å². The van der Waals surface area contributed by atoms with Crippen LogP contribution in [0.5, 0.6) is 0 Å². The minimum atomic E-state index is -3.85. The van der Waals surface area contributed by atoms with Crippen molar-refractivity contribution < 1.29 is 32.6 Å². The lowest BCUT2D eigenvalue weighted by Gasteiger charge is -2.47. The SMILES string of the molecule is CC(C)OC(=O)N[C@H](C(=O)N[C@@H](Cc1ccccc1)[C@H](O)CN1C[C@H]2CCCC[C@H]2C[C@H]1C(=O)NC(C)(C)C)C(C)(C)S(C)(=O)=O. The Morgan fingerprint density at radius 2 is 1.61 bits per heavy atom. The number of β-amino-alcohol motifs (C(OH)–C–C–N with tert-alkyl or cyclic N) is 1. The number of carbonyl (C=O) groups excluding carboxylic acids is 3. The van der Waals surface area contributed by atoms with Crippen LogP contribution in [0.15, 0.2) is 30.3 Å². The Hall–Kier alpha value is -2.70. The summed E-state index contributed by atoms with van der Waals surface area (Å²) in [7, 11) is -3.85. The fourth-order valence-corrected chi connectivity index (χ4v) is 7.14. The van der Waals surface area contributed by atoms with Gasteiger partial charge in [-0.1, -0.05) is 49.6 Å². The van der Waals surface area contributed by atoms with Crippen molar-refractivity contribution in [1.82, 2.24) is 20.9 Å². The third kappa shape index (κ3) is 10.4. The number of hydrogen-bond donors (Lipinski definition) is 4. The fourth-order valence-electron chi connectivity index (χ4n) is 6.55. The van der Waals surface area contributed by atoms with E-state index >= 15 is 0 Å². The average molecular weight is 665 g/mol. The van der Waals surface area contributed by atoms with E-state index in [-0.39, 0.29) is 18.9 Å². The van der Waals surface area contributed by atoms with Crippen LogP contribution in [0.1, 0.15) is 86.1 Å². The molecule has 6 atom stereocenters. The Morgan fingerprint density at radius 3 is 2.17 bits per heavy atom. The summed E-state index contributed by atoms with van der Waals surface area (Å²) in [5.41, 5.74) is 0.436. The number of nitrogens with one attached hydrogen (secondary N) is 3. The number of alkyl carbamates (subject to hydrolysis) is 1. The van der Waals surface area contributed by atoms with Gasteiger partial charge in [0.15, 0.2) is 9.84 Å². The summed E-state index contributed by atoms with van der Waals surface area (Å²) >= 11 is 0. The predicted molar refractivity (Wildman–Crippen MR) is 179 cm³/mol. The van der Waals surface area contributed by atoms with Crippen molar-refractivity contribution in [2.45, 2.75) is 128 Å². The number of likely N-dealkylation sites (tertiary alicyclic amines) is 1. The second kappa shape index (κ2) is 15.5. The summed E-state index contributed by atoms with van der Waals surface area (Å²) in [5.74, 6) is 0.0468. The van der Waals surface area contributed by atoms with Gasteiger partial charge in [0.1, 0.15) is 6.04 Å². The molecule has 12 heteroatoms. The molecule has 3 amide bonds. The number of sulfone groups is 1. The Labute approximate surface area is 275 Å². The number of aliphatic hydroxyl groups is 1. The molecule has 11 nitrogen and oxygen atoms in total. The first-order valence-electron chi connectivity index (χ1n) is 16.5. The van der Waals surface area contributed by atoms with Gasteiger partial charge in [-0.05, 0) is 85.1 Å². The lowest BCUT2D eigenvalue weighted by molar-refractivity contribution is -0.133. The second-order valence-electron chi connectivity index (χ2n) is 15.0. The molecule has 1 saturated carbocycles. The van der Waals surface area contributed by atoms with E-state index in [9.17, 15) is 27.9 Å². The van der Waals surface area contributed by atoms with Gasteiger partial charge in [0, 0.05) is 24.9 Å². The number of rotatable bonds is 12.